The average Bonchev–Trinajstić information content (AvgIpc) is 3.40. The fourth-order valence-electron chi connectivity index (χ4n) is 4.04. The van der Waals surface area contributed by atoms with Crippen molar-refractivity contribution in [3.63, 3.8) is 0 Å². The number of nitrogens with two attached hydrogens (primary N) is 1. The van der Waals surface area contributed by atoms with Gasteiger partial charge in [0.15, 0.2) is 23.2 Å². The highest BCUT2D eigenvalue weighted by Gasteiger charge is 2.46. The quantitative estimate of drug-likeness (QED) is 0.215. The third-order valence-electron chi connectivity index (χ3n) is 5.85. The van der Waals surface area contributed by atoms with E-state index in [1.165, 1.54) is 12.7 Å². The molecule has 12 nitrogen and oxygen atoms in total. The molecule has 1 aliphatic heterocycles. The number of hydrogen-bond acceptors (Lipinski definition) is 10. The van der Waals surface area contributed by atoms with Crippen molar-refractivity contribution in [3.8, 4) is 5.75 Å². The van der Waals surface area contributed by atoms with E-state index in [-0.39, 0.29) is 24.8 Å². The number of anilines is 1. The number of imidazole rings is 1. The molecule has 0 saturated carbocycles. The summed E-state index contributed by atoms with van der Waals surface area (Å²) in [6.07, 6.45) is 0.250. The molecule has 2 aromatic heterocycles. The summed E-state index contributed by atoms with van der Waals surface area (Å²) in [7, 11) is 5.25. The highest BCUT2D eigenvalue weighted by Crippen LogP contribution is 2.32. The minimum atomic E-state index is -1.18. The zero-order chi connectivity index (χ0) is 24.4. The Morgan fingerprint density at radius 2 is 1.94 bits per heavy atom. The Morgan fingerprint density at radius 1 is 1.25 bits per heavy atom. The lowest BCUT2D eigenvalue weighted by atomic mass is 10.0. The third-order valence-corrected chi connectivity index (χ3v) is 5.85. The van der Waals surface area contributed by atoms with Gasteiger partial charge < -0.3 is 60.5 Å². The predicted molar refractivity (Wildman–Crippen MR) is 123 cm³/mol. The zero-order valence-corrected chi connectivity index (χ0v) is 21.5. The fraction of sp³-hybridized carbons (Fsp3) is 0.455. The Balaban J connectivity index is 0.00000228. The van der Waals surface area contributed by atoms with Gasteiger partial charge in [-0.15, -0.1) is 0 Å². The standard InChI is InChI=1S/C22H29N7O5.2ClH/c1-28(2)19-17-20(25-10-24-19)29(11-26-17)22-18(31)16(15(9-30)34-22)27-21(32)14(23)8-12-4-6-13(33-3)7-5-12;;/h4-7,10-11,14-16,18,22,30-31H,8-9,23H2,1-3H3,(H,27,32);2*1H/p-2/t14-,15+,16+,18+,22+;;/m0../s1. The number of methoxy groups -OCH3 is 1. The first-order valence-electron chi connectivity index (χ1n) is 10.8. The number of carbonyl (C=O) groups excluding carboxylic acids is 1. The number of aliphatic hydroxyl groups excluding tert-OH is 2. The lowest BCUT2D eigenvalue weighted by Gasteiger charge is -2.23. The molecule has 3 aromatic rings. The minimum absolute atomic E-state index is 0. The number of fused-ring (bicyclic) bond motifs is 1. The summed E-state index contributed by atoms with van der Waals surface area (Å²) >= 11 is 0. The van der Waals surface area contributed by atoms with Crippen LogP contribution in [0, 0.1) is 0 Å². The van der Waals surface area contributed by atoms with Crippen LogP contribution in [0.5, 0.6) is 5.75 Å². The number of carbonyl (C=O) groups is 1. The number of ether oxygens (including phenoxy) is 2. The monoisotopic (exact) mass is 541 g/mol. The molecular weight excluding hydrogens is 513 g/mol. The smallest absolute Gasteiger partial charge is 0.237 e. The van der Waals surface area contributed by atoms with E-state index in [9.17, 15) is 15.0 Å². The molecule has 5 N–H and O–H groups in total. The Kier molecular flexibility index (Phi) is 10.2. The summed E-state index contributed by atoms with van der Waals surface area (Å²) in [5.41, 5.74) is 7.98. The highest BCUT2D eigenvalue weighted by atomic mass is 35.5. The molecule has 1 aliphatic rings. The first-order valence-corrected chi connectivity index (χ1v) is 10.8. The highest BCUT2D eigenvalue weighted by molar-refractivity contribution is 5.83. The summed E-state index contributed by atoms with van der Waals surface area (Å²) in [5, 5.41) is 23.6. The van der Waals surface area contributed by atoms with E-state index in [2.05, 4.69) is 20.3 Å². The second-order valence-corrected chi connectivity index (χ2v) is 8.35. The van der Waals surface area contributed by atoms with E-state index in [1.807, 2.05) is 26.2 Å². The van der Waals surface area contributed by atoms with Crippen LogP contribution in [-0.4, -0.2) is 87.7 Å². The van der Waals surface area contributed by atoms with Crippen LogP contribution >= 0.6 is 0 Å². The second-order valence-electron chi connectivity index (χ2n) is 8.35. The van der Waals surface area contributed by atoms with Crippen LogP contribution in [0.15, 0.2) is 36.9 Å². The van der Waals surface area contributed by atoms with E-state index in [0.29, 0.717) is 29.2 Å². The van der Waals surface area contributed by atoms with Crippen LogP contribution in [0.4, 0.5) is 5.82 Å². The van der Waals surface area contributed by atoms with Crippen molar-refractivity contribution >= 4 is 22.9 Å². The van der Waals surface area contributed by atoms with E-state index in [0.717, 1.165) is 5.56 Å². The molecule has 1 amide bonds. The van der Waals surface area contributed by atoms with Crippen molar-refractivity contribution in [1.29, 1.82) is 0 Å². The van der Waals surface area contributed by atoms with Crippen molar-refractivity contribution in [2.24, 2.45) is 5.73 Å². The maximum atomic E-state index is 12.8. The molecular formula is C22H29Cl2N7O5-2. The molecule has 1 aromatic carbocycles. The molecule has 4 rings (SSSR count). The van der Waals surface area contributed by atoms with Crippen LogP contribution < -0.4 is 45.5 Å². The van der Waals surface area contributed by atoms with E-state index < -0.39 is 43.0 Å². The molecule has 198 valence electrons. The Labute approximate surface area is 220 Å². The van der Waals surface area contributed by atoms with Crippen molar-refractivity contribution in [1.82, 2.24) is 24.8 Å². The third kappa shape index (κ3) is 5.80. The first-order chi connectivity index (χ1) is 16.3. The van der Waals surface area contributed by atoms with Gasteiger partial charge in [-0.05, 0) is 24.1 Å². The van der Waals surface area contributed by atoms with Gasteiger partial charge in [0.25, 0.3) is 0 Å². The number of amides is 1. The van der Waals surface area contributed by atoms with Gasteiger partial charge in [0.2, 0.25) is 5.91 Å². The Hall–Kier alpha value is -2.74. The van der Waals surface area contributed by atoms with Crippen molar-refractivity contribution in [3.05, 3.63) is 42.5 Å². The summed E-state index contributed by atoms with van der Waals surface area (Å²) in [5.74, 6) is 0.861. The number of nitrogens with zero attached hydrogens (tertiary/aromatic N) is 5. The molecule has 0 aliphatic carbocycles. The molecule has 0 radical (unpaired) electrons. The number of halogens is 2. The van der Waals surface area contributed by atoms with Gasteiger partial charge in [0, 0.05) is 14.1 Å². The number of aliphatic hydroxyl groups is 2. The maximum Gasteiger partial charge on any atom is 0.237 e. The van der Waals surface area contributed by atoms with Crippen LogP contribution in [-0.2, 0) is 16.0 Å². The zero-order valence-electron chi connectivity index (χ0n) is 20.0. The number of nitrogens with one attached hydrogen (secondary N) is 1. The molecule has 1 fully saturated rings. The van der Waals surface area contributed by atoms with Crippen molar-refractivity contribution in [2.75, 3.05) is 32.7 Å². The van der Waals surface area contributed by atoms with Gasteiger partial charge in [-0.2, -0.15) is 0 Å². The van der Waals surface area contributed by atoms with E-state index in [1.54, 1.807) is 28.7 Å². The van der Waals surface area contributed by atoms with Gasteiger partial charge in [0.1, 0.15) is 24.3 Å². The van der Waals surface area contributed by atoms with Crippen LogP contribution in [0.3, 0.4) is 0 Å². The van der Waals surface area contributed by atoms with Crippen molar-refractivity contribution < 1.29 is 49.3 Å². The minimum Gasteiger partial charge on any atom is -1.00 e. The largest absolute Gasteiger partial charge is 1.00 e. The molecule has 0 bridgehead atoms. The number of benzene rings is 1. The summed E-state index contributed by atoms with van der Waals surface area (Å²) in [6.45, 7) is -0.406. The van der Waals surface area contributed by atoms with Gasteiger partial charge in [-0.25, -0.2) is 15.0 Å². The lowest BCUT2D eigenvalue weighted by Crippen LogP contribution is -3.00. The fourth-order valence-corrected chi connectivity index (χ4v) is 4.04. The summed E-state index contributed by atoms with van der Waals surface area (Å²) in [6, 6.07) is 5.52. The average molecular weight is 542 g/mol. The lowest BCUT2D eigenvalue weighted by molar-refractivity contribution is -0.124. The van der Waals surface area contributed by atoms with Crippen molar-refractivity contribution in [2.45, 2.75) is 36.9 Å². The maximum absolute atomic E-state index is 12.8. The van der Waals surface area contributed by atoms with E-state index >= 15 is 0 Å². The van der Waals surface area contributed by atoms with Crippen LogP contribution in [0.25, 0.3) is 11.2 Å². The second kappa shape index (κ2) is 12.5. The predicted octanol–water partition coefficient (Wildman–Crippen LogP) is -6.79. The molecule has 5 atom stereocenters. The normalized spacial score (nSPS) is 21.8. The van der Waals surface area contributed by atoms with Crippen LogP contribution in [0.1, 0.15) is 11.8 Å². The molecule has 0 spiro atoms. The Bertz CT molecular complexity index is 1150. The number of hydrogen-bond donors (Lipinski definition) is 4. The van der Waals surface area contributed by atoms with Gasteiger partial charge in [-0.3, -0.25) is 9.36 Å². The molecule has 0 unspecified atom stereocenters. The summed E-state index contributed by atoms with van der Waals surface area (Å²) < 4.78 is 12.6. The number of rotatable bonds is 8. The van der Waals surface area contributed by atoms with E-state index in [4.69, 9.17) is 15.2 Å². The topological polar surface area (TPSA) is 161 Å². The summed E-state index contributed by atoms with van der Waals surface area (Å²) in [4.78, 5) is 27.5. The van der Waals surface area contributed by atoms with Gasteiger partial charge in [-0.1, -0.05) is 12.1 Å². The SMILES string of the molecule is COc1ccc(C[C@H](N)C(=O)N[C@H]2[C@@H](O)[C@H](n3cnc4c(N(C)C)ncnc43)O[C@@H]2CO)cc1.[Cl-].[Cl-]. The first kappa shape index (κ1) is 29.5. The van der Waals surface area contributed by atoms with Gasteiger partial charge in [0.05, 0.1) is 32.1 Å². The molecule has 1 saturated heterocycles. The molecule has 3 heterocycles. The molecule has 14 heteroatoms. The van der Waals surface area contributed by atoms with Crippen LogP contribution in [0.2, 0.25) is 0 Å². The number of aromatic nitrogens is 4. The van der Waals surface area contributed by atoms with Gasteiger partial charge >= 0.3 is 0 Å². The Morgan fingerprint density at radius 3 is 2.56 bits per heavy atom. The molecule has 36 heavy (non-hydrogen) atoms.